The molecule has 0 bridgehead atoms. The zero-order valence-corrected chi connectivity index (χ0v) is 21.4. The molecule has 0 aromatic rings. The highest BCUT2D eigenvalue weighted by molar-refractivity contribution is 5.67. The summed E-state index contributed by atoms with van der Waals surface area (Å²) in [7, 11) is 0. The molecule has 0 radical (unpaired) electrons. The number of alkyl halides is 1. The van der Waals surface area contributed by atoms with E-state index >= 15 is 0 Å². The largest absolute Gasteiger partial charge is 0.476 e. The molecule has 3 fully saturated rings. The number of carbonyl (C=O) groups excluding carboxylic acids is 1. The molecule has 3 rings (SSSR count). The second-order valence-corrected chi connectivity index (χ2v) is 11.8. The van der Waals surface area contributed by atoms with Crippen molar-refractivity contribution in [1.82, 2.24) is 9.80 Å². The van der Waals surface area contributed by atoms with Crippen molar-refractivity contribution in [3.63, 3.8) is 0 Å². The van der Waals surface area contributed by atoms with E-state index in [0.717, 1.165) is 44.4 Å². The van der Waals surface area contributed by atoms with Gasteiger partial charge >= 0.3 is 6.09 Å². The van der Waals surface area contributed by atoms with Gasteiger partial charge in [0.2, 0.25) is 0 Å². The minimum Gasteiger partial charge on any atom is -0.476 e. The normalized spacial score (nSPS) is 22.0. The summed E-state index contributed by atoms with van der Waals surface area (Å²) in [5.74, 6) is 2.27. The molecule has 0 aromatic carbocycles. The first-order valence-electron chi connectivity index (χ1n) is 12.5. The van der Waals surface area contributed by atoms with Gasteiger partial charge in [-0.2, -0.15) is 0 Å². The highest BCUT2D eigenvalue weighted by Gasteiger charge is 2.34. The molecular weight excluding hydrogens is 419 g/mol. The second-order valence-electron chi connectivity index (χ2n) is 11.8. The molecular formula is C27H51FN2O3. The molecule has 194 valence electrons. The molecule has 6 heteroatoms. The lowest BCUT2D eigenvalue weighted by Gasteiger charge is -2.41. The van der Waals surface area contributed by atoms with E-state index in [-0.39, 0.29) is 25.5 Å². The van der Waals surface area contributed by atoms with Crippen LogP contribution in [0.15, 0.2) is 12.5 Å². The lowest BCUT2D eigenvalue weighted by atomic mass is 9.75. The molecule has 0 spiro atoms. The third kappa shape index (κ3) is 9.36. The number of amides is 1. The number of piperidine rings is 1. The predicted molar refractivity (Wildman–Crippen MR) is 135 cm³/mol. The Morgan fingerprint density at radius 3 is 1.85 bits per heavy atom. The first-order valence-corrected chi connectivity index (χ1v) is 12.5. The van der Waals surface area contributed by atoms with Gasteiger partial charge in [-0.1, -0.05) is 49.0 Å². The standard InChI is InChI=1S/C15H27NO.C11H20FNO2.CH4/c1-12(17-14-6-5-7-14)16-10-8-13(9-11-16)15(2,3)4;1-11(2,3)9-4-6-13(8-9)10(14)15-7-5-12;/h13-14H,1,5-11H2,2-4H3;9H,4-8H2,1-3H3;1H4. The summed E-state index contributed by atoms with van der Waals surface area (Å²) < 4.78 is 22.4. The van der Waals surface area contributed by atoms with Gasteiger partial charge in [-0.15, -0.1) is 0 Å². The van der Waals surface area contributed by atoms with Crippen LogP contribution in [-0.2, 0) is 9.47 Å². The fourth-order valence-corrected chi connectivity index (χ4v) is 4.60. The Hall–Kier alpha value is -1.46. The lowest BCUT2D eigenvalue weighted by molar-refractivity contribution is -0.00679. The van der Waals surface area contributed by atoms with Gasteiger partial charge in [0.05, 0.1) is 0 Å². The highest BCUT2D eigenvalue weighted by Crippen LogP contribution is 2.36. The Bertz CT molecular complexity index is 599. The minimum absolute atomic E-state index is 0. The zero-order chi connectivity index (χ0) is 23.9. The third-order valence-corrected chi connectivity index (χ3v) is 7.40. The third-order valence-electron chi connectivity index (χ3n) is 7.40. The van der Waals surface area contributed by atoms with Crippen molar-refractivity contribution in [3.05, 3.63) is 12.5 Å². The van der Waals surface area contributed by atoms with Crippen molar-refractivity contribution in [2.45, 2.75) is 93.6 Å². The number of likely N-dealkylation sites (tertiary alicyclic amines) is 2. The van der Waals surface area contributed by atoms with Crippen LogP contribution in [0.5, 0.6) is 0 Å². The van der Waals surface area contributed by atoms with Gasteiger partial charge < -0.3 is 19.3 Å². The number of nitrogens with zero attached hydrogens (tertiary/aromatic N) is 2. The van der Waals surface area contributed by atoms with Crippen LogP contribution in [0, 0.1) is 22.7 Å². The Morgan fingerprint density at radius 1 is 0.909 bits per heavy atom. The van der Waals surface area contributed by atoms with E-state index in [4.69, 9.17) is 9.47 Å². The van der Waals surface area contributed by atoms with E-state index < -0.39 is 6.67 Å². The van der Waals surface area contributed by atoms with E-state index in [9.17, 15) is 9.18 Å². The number of hydrogen-bond acceptors (Lipinski definition) is 4. The molecule has 1 saturated carbocycles. The summed E-state index contributed by atoms with van der Waals surface area (Å²) in [6.07, 6.45) is 7.41. The summed E-state index contributed by atoms with van der Waals surface area (Å²) >= 11 is 0. The average Bonchev–Trinajstić information content (AvgIpc) is 3.19. The van der Waals surface area contributed by atoms with Gasteiger partial charge in [0.1, 0.15) is 19.4 Å². The van der Waals surface area contributed by atoms with E-state index in [0.29, 0.717) is 17.4 Å². The van der Waals surface area contributed by atoms with E-state index in [1.165, 1.54) is 32.1 Å². The topological polar surface area (TPSA) is 42.0 Å². The van der Waals surface area contributed by atoms with Crippen LogP contribution in [-0.4, -0.2) is 61.5 Å². The van der Waals surface area contributed by atoms with Crippen LogP contribution < -0.4 is 0 Å². The summed E-state index contributed by atoms with van der Waals surface area (Å²) in [4.78, 5) is 15.4. The van der Waals surface area contributed by atoms with Crippen molar-refractivity contribution in [1.29, 1.82) is 0 Å². The van der Waals surface area contributed by atoms with Crippen molar-refractivity contribution in [2.24, 2.45) is 22.7 Å². The van der Waals surface area contributed by atoms with Gasteiger partial charge in [0, 0.05) is 26.2 Å². The lowest BCUT2D eigenvalue weighted by Crippen LogP contribution is -2.39. The number of ether oxygens (including phenoxy) is 2. The Kier molecular flexibility index (Phi) is 11.5. The SMILES string of the molecule is C.C=C(OC1CCC1)N1CCC(C(C)(C)C)CC1.CC(C)(C)C1CCN(C(=O)OCCF)C1. The molecule has 2 aliphatic heterocycles. The van der Waals surface area contributed by atoms with Crippen molar-refractivity contribution in [2.75, 3.05) is 39.5 Å². The summed E-state index contributed by atoms with van der Waals surface area (Å²) in [5.41, 5.74) is 0.664. The molecule has 5 nitrogen and oxygen atoms in total. The first-order chi connectivity index (χ1) is 14.9. The van der Waals surface area contributed by atoms with Crippen LogP contribution in [0.2, 0.25) is 0 Å². The minimum atomic E-state index is -0.609. The molecule has 1 amide bonds. The fourth-order valence-electron chi connectivity index (χ4n) is 4.60. The number of rotatable bonds is 5. The fraction of sp³-hybridized carbons (Fsp3) is 0.889. The maximum absolute atomic E-state index is 11.8. The molecule has 1 aliphatic carbocycles. The molecule has 2 saturated heterocycles. The Morgan fingerprint density at radius 2 is 1.42 bits per heavy atom. The number of halogens is 1. The Labute approximate surface area is 203 Å². The van der Waals surface area contributed by atoms with Gasteiger partial charge in [-0.05, 0) is 67.8 Å². The van der Waals surface area contributed by atoms with Crippen molar-refractivity contribution < 1.29 is 18.7 Å². The maximum Gasteiger partial charge on any atom is 0.409 e. The zero-order valence-electron chi connectivity index (χ0n) is 21.4. The van der Waals surface area contributed by atoms with Crippen LogP contribution in [0.3, 0.4) is 0 Å². The van der Waals surface area contributed by atoms with E-state index in [2.05, 4.69) is 53.0 Å². The quantitative estimate of drug-likeness (QED) is 0.411. The van der Waals surface area contributed by atoms with Gasteiger partial charge in [0.15, 0.2) is 5.88 Å². The van der Waals surface area contributed by atoms with Gasteiger partial charge in [-0.3, -0.25) is 0 Å². The first kappa shape index (κ1) is 29.6. The van der Waals surface area contributed by atoms with Crippen LogP contribution >= 0.6 is 0 Å². The van der Waals surface area contributed by atoms with Gasteiger partial charge in [0.25, 0.3) is 0 Å². The predicted octanol–water partition coefficient (Wildman–Crippen LogP) is 6.88. The summed E-state index contributed by atoms with van der Waals surface area (Å²) in [6.45, 7) is 20.6. The molecule has 2 heterocycles. The highest BCUT2D eigenvalue weighted by atomic mass is 19.1. The summed E-state index contributed by atoms with van der Waals surface area (Å²) in [6, 6.07) is 0. The molecule has 1 atom stereocenters. The molecule has 3 aliphatic rings. The van der Waals surface area contributed by atoms with Crippen LogP contribution in [0.25, 0.3) is 0 Å². The smallest absolute Gasteiger partial charge is 0.409 e. The van der Waals surface area contributed by atoms with Crippen LogP contribution in [0.1, 0.15) is 87.5 Å². The second kappa shape index (κ2) is 12.9. The monoisotopic (exact) mass is 470 g/mol. The van der Waals surface area contributed by atoms with Gasteiger partial charge in [-0.25, -0.2) is 9.18 Å². The van der Waals surface area contributed by atoms with Crippen LogP contribution in [0.4, 0.5) is 9.18 Å². The molecule has 33 heavy (non-hydrogen) atoms. The molecule has 1 unspecified atom stereocenters. The maximum atomic E-state index is 11.8. The molecule has 0 N–H and O–H groups in total. The Balaban J connectivity index is 0.000000323. The number of hydrogen-bond donors (Lipinski definition) is 0. The number of carbonyl (C=O) groups is 1. The molecule has 0 aromatic heterocycles. The van der Waals surface area contributed by atoms with E-state index in [1.807, 2.05) is 0 Å². The summed E-state index contributed by atoms with van der Waals surface area (Å²) in [5, 5.41) is 0. The van der Waals surface area contributed by atoms with Crippen molar-refractivity contribution in [3.8, 4) is 0 Å². The van der Waals surface area contributed by atoms with E-state index in [1.54, 1.807) is 4.90 Å². The van der Waals surface area contributed by atoms with Crippen molar-refractivity contribution >= 4 is 6.09 Å². The average molecular weight is 471 g/mol.